The molecule has 1 aliphatic rings. The van der Waals surface area contributed by atoms with E-state index >= 15 is 0 Å². The molecule has 136 valence electrons. The number of benzene rings is 2. The van der Waals surface area contributed by atoms with E-state index in [-0.39, 0.29) is 11.6 Å². The van der Waals surface area contributed by atoms with Crippen LogP contribution in [0, 0.1) is 0 Å². The lowest BCUT2D eigenvalue weighted by Gasteiger charge is -2.27. The van der Waals surface area contributed by atoms with Crippen molar-refractivity contribution >= 4 is 23.8 Å². The van der Waals surface area contributed by atoms with Crippen molar-refractivity contribution in [2.45, 2.75) is 6.04 Å². The fourth-order valence-electron chi connectivity index (χ4n) is 3.37. The minimum Gasteiger partial charge on any atom is -0.318 e. The standard InChI is InChI=1S/C20H15N7O/c28-19-17-16(15(22-23-19)12-11-13-7-3-1-4-8-13)18(14-9-5-2-6-10-14)27-20(21-17)24-25-26-27/h1-12,18H,(H,23,28)(H,21,24,26)/b12-11+/t18-/m1/s1. The summed E-state index contributed by atoms with van der Waals surface area (Å²) in [6.45, 7) is 0. The van der Waals surface area contributed by atoms with Crippen LogP contribution in [0.2, 0.25) is 0 Å². The van der Waals surface area contributed by atoms with Gasteiger partial charge in [-0.25, -0.2) is 5.10 Å². The molecule has 3 heterocycles. The largest absolute Gasteiger partial charge is 0.318 e. The molecular weight excluding hydrogens is 354 g/mol. The van der Waals surface area contributed by atoms with Crippen molar-refractivity contribution in [3.8, 4) is 0 Å². The fourth-order valence-corrected chi connectivity index (χ4v) is 3.37. The molecule has 4 aromatic rings. The van der Waals surface area contributed by atoms with E-state index in [0.29, 0.717) is 17.3 Å². The van der Waals surface area contributed by atoms with Gasteiger partial charge in [-0.2, -0.15) is 9.78 Å². The molecule has 8 nitrogen and oxygen atoms in total. The second-order valence-electron chi connectivity index (χ2n) is 6.36. The Morgan fingerprint density at radius 3 is 2.50 bits per heavy atom. The van der Waals surface area contributed by atoms with Crippen LogP contribution in [-0.2, 0) is 0 Å². The van der Waals surface area contributed by atoms with Gasteiger partial charge in [-0.05, 0) is 27.6 Å². The summed E-state index contributed by atoms with van der Waals surface area (Å²) in [5.74, 6) is 0.413. The maximum Gasteiger partial charge on any atom is 0.288 e. The third kappa shape index (κ3) is 2.67. The summed E-state index contributed by atoms with van der Waals surface area (Å²) in [7, 11) is 0. The van der Waals surface area contributed by atoms with Gasteiger partial charge in [-0.15, -0.1) is 0 Å². The van der Waals surface area contributed by atoms with Crippen LogP contribution in [0.4, 0.5) is 11.6 Å². The van der Waals surface area contributed by atoms with Gasteiger partial charge in [-0.1, -0.05) is 71.8 Å². The minimum atomic E-state index is -0.368. The van der Waals surface area contributed by atoms with Gasteiger partial charge in [-0.3, -0.25) is 4.79 Å². The number of rotatable bonds is 3. The Balaban J connectivity index is 1.71. The molecule has 2 aromatic carbocycles. The summed E-state index contributed by atoms with van der Waals surface area (Å²) in [6, 6.07) is 19.3. The van der Waals surface area contributed by atoms with Crippen LogP contribution >= 0.6 is 0 Å². The Morgan fingerprint density at radius 1 is 0.964 bits per heavy atom. The first kappa shape index (κ1) is 16.1. The third-order valence-electron chi connectivity index (χ3n) is 4.65. The molecule has 28 heavy (non-hydrogen) atoms. The van der Waals surface area contributed by atoms with E-state index in [1.165, 1.54) is 0 Å². The van der Waals surface area contributed by atoms with Crippen LogP contribution < -0.4 is 10.9 Å². The van der Waals surface area contributed by atoms with Crippen molar-refractivity contribution in [2.75, 3.05) is 5.32 Å². The van der Waals surface area contributed by atoms with Crippen molar-refractivity contribution in [2.24, 2.45) is 0 Å². The molecule has 0 radical (unpaired) electrons. The van der Waals surface area contributed by atoms with Crippen LogP contribution in [0.15, 0.2) is 65.5 Å². The zero-order valence-electron chi connectivity index (χ0n) is 14.6. The van der Waals surface area contributed by atoms with Crippen molar-refractivity contribution in [1.29, 1.82) is 0 Å². The van der Waals surface area contributed by atoms with Crippen LogP contribution in [0.25, 0.3) is 12.2 Å². The predicted molar refractivity (Wildman–Crippen MR) is 105 cm³/mol. The van der Waals surface area contributed by atoms with E-state index in [1.807, 2.05) is 72.8 Å². The van der Waals surface area contributed by atoms with Crippen molar-refractivity contribution < 1.29 is 0 Å². The maximum absolute atomic E-state index is 12.5. The van der Waals surface area contributed by atoms with Gasteiger partial charge in [0.1, 0.15) is 11.7 Å². The van der Waals surface area contributed by atoms with Crippen LogP contribution in [0.1, 0.15) is 28.4 Å². The fraction of sp³-hybridized carbons (Fsp3) is 0.0500. The summed E-state index contributed by atoms with van der Waals surface area (Å²) >= 11 is 0. The first-order valence-corrected chi connectivity index (χ1v) is 8.77. The molecule has 0 unspecified atom stereocenters. The Bertz CT molecular complexity index is 1210. The predicted octanol–water partition coefficient (Wildman–Crippen LogP) is 2.62. The normalized spacial score (nSPS) is 15.1. The summed E-state index contributed by atoms with van der Waals surface area (Å²) in [5.41, 5.74) is 3.44. The van der Waals surface area contributed by atoms with E-state index in [1.54, 1.807) is 4.68 Å². The SMILES string of the molecule is O=c1[nH]nc(/C=C/c2ccccc2)c2c1Nc1nnnn1[C@@H]2c1ccccc1. The van der Waals surface area contributed by atoms with Crippen LogP contribution in [-0.4, -0.2) is 30.4 Å². The Labute approximate surface area is 159 Å². The van der Waals surface area contributed by atoms with Crippen molar-refractivity contribution in [1.82, 2.24) is 30.4 Å². The van der Waals surface area contributed by atoms with Gasteiger partial charge in [0.15, 0.2) is 0 Å². The third-order valence-corrected chi connectivity index (χ3v) is 4.65. The first-order valence-electron chi connectivity index (χ1n) is 8.77. The molecule has 8 heteroatoms. The molecule has 2 aromatic heterocycles. The molecule has 1 aliphatic heterocycles. The van der Waals surface area contributed by atoms with E-state index in [9.17, 15) is 4.79 Å². The van der Waals surface area contributed by atoms with Gasteiger partial charge < -0.3 is 5.32 Å². The number of nitrogens with zero attached hydrogens (tertiary/aromatic N) is 5. The smallest absolute Gasteiger partial charge is 0.288 e. The number of nitrogens with one attached hydrogen (secondary N) is 2. The highest BCUT2D eigenvalue weighted by atomic mass is 16.1. The summed E-state index contributed by atoms with van der Waals surface area (Å²) in [5, 5.41) is 21.8. The number of aromatic nitrogens is 6. The number of anilines is 2. The van der Waals surface area contributed by atoms with Crippen molar-refractivity contribution in [3.05, 3.63) is 93.4 Å². The highest BCUT2D eigenvalue weighted by Gasteiger charge is 2.33. The molecule has 1 atom stereocenters. The molecule has 0 saturated carbocycles. The Morgan fingerprint density at radius 2 is 1.71 bits per heavy atom. The second-order valence-corrected chi connectivity index (χ2v) is 6.36. The molecule has 0 fully saturated rings. The molecule has 0 amide bonds. The van der Waals surface area contributed by atoms with Crippen molar-refractivity contribution in [3.63, 3.8) is 0 Å². The Kier molecular flexibility index (Phi) is 3.79. The molecule has 0 bridgehead atoms. The van der Waals surface area contributed by atoms with E-state index in [0.717, 1.165) is 16.7 Å². The number of H-pyrrole nitrogens is 1. The molecule has 0 saturated heterocycles. The zero-order valence-corrected chi connectivity index (χ0v) is 14.6. The second kappa shape index (κ2) is 6.58. The van der Waals surface area contributed by atoms with E-state index in [2.05, 4.69) is 31.0 Å². The average Bonchev–Trinajstić information content (AvgIpc) is 3.22. The average molecular weight is 369 g/mol. The van der Waals surface area contributed by atoms with E-state index < -0.39 is 0 Å². The molecule has 0 aliphatic carbocycles. The maximum atomic E-state index is 12.5. The zero-order chi connectivity index (χ0) is 18.9. The summed E-state index contributed by atoms with van der Waals surface area (Å²) in [4.78, 5) is 12.5. The van der Waals surface area contributed by atoms with Gasteiger partial charge in [0.05, 0.1) is 5.69 Å². The first-order chi connectivity index (χ1) is 13.8. The number of hydrogen-bond acceptors (Lipinski definition) is 6. The topological polar surface area (TPSA) is 101 Å². The lowest BCUT2D eigenvalue weighted by atomic mass is 9.94. The Hall–Kier alpha value is -4.07. The van der Waals surface area contributed by atoms with Gasteiger partial charge in [0.25, 0.3) is 5.56 Å². The monoisotopic (exact) mass is 369 g/mol. The molecule has 5 rings (SSSR count). The van der Waals surface area contributed by atoms with Gasteiger partial charge in [0.2, 0.25) is 5.95 Å². The number of tetrazole rings is 1. The summed E-state index contributed by atoms with van der Waals surface area (Å²) in [6.07, 6.45) is 3.84. The van der Waals surface area contributed by atoms with Crippen LogP contribution in [0.5, 0.6) is 0 Å². The highest BCUT2D eigenvalue weighted by molar-refractivity contribution is 5.75. The quantitative estimate of drug-likeness (QED) is 0.507. The highest BCUT2D eigenvalue weighted by Crippen LogP contribution is 2.38. The molecule has 2 N–H and O–H groups in total. The lowest BCUT2D eigenvalue weighted by molar-refractivity contribution is 0.565. The number of aromatic amines is 1. The van der Waals surface area contributed by atoms with Gasteiger partial charge in [0, 0.05) is 5.56 Å². The molecular formula is C20H15N7O. The van der Waals surface area contributed by atoms with Crippen LogP contribution in [0.3, 0.4) is 0 Å². The number of hydrogen-bond donors (Lipinski definition) is 2. The minimum absolute atomic E-state index is 0.318. The number of fused-ring (bicyclic) bond motifs is 2. The summed E-state index contributed by atoms with van der Waals surface area (Å²) < 4.78 is 1.67. The molecule has 0 spiro atoms. The lowest BCUT2D eigenvalue weighted by Crippen LogP contribution is -2.29. The van der Waals surface area contributed by atoms with E-state index in [4.69, 9.17) is 0 Å². The van der Waals surface area contributed by atoms with Gasteiger partial charge >= 0.3 is 0 Å².